The van der Waals surface area contributed by atoms with Gasteiger partial charge in [-0.05, 0) is 10.9 Å². The van der Waals surface area contributed by atoms with Crippen molar-refractivity contribution in [3.63, 3.8) is 0 Å². The first-order valence-corrected chi connectivity index (χ1v) is 21.8. The van der Waals surface area contributed by atoms with E-state index in [1.165, 1.54) is 0 Å². The van der Waals surface area contributed by atoms with Crippen LogP contribution in [0.4, 0.5) is 0 Å². The summed E-state index contributed by atoms with van der Waals surface area (Å²) in [4.78, 5) is 4.13. The summed E-state index contributed by atoms with van der Waals surface area (Å²) in [6.45, 7) is 0. The Bertz CT molecular complexity index is 4470. The van der Waals surface area contributed by atoms with Crippen molar-refractivity contribution in [1.82, 2.24) is 18.7 Å². The highest BCUT2D eigenvalue weighted by molar-refractivity contribution is 6.45. The van der Waals surface area contributed by atoms with Gasteiger partial charge < -0.3 is 143 Å². The maximum absolute atomic E-state index is 13.0. The first kappa shape index (κ1) is 50.8. The molecular weight excluding hydrogens is 1090 g/mol. The molecule has 0 aliphatic carbocycles. The largest absolute Gasteiger partial charge is 0.506 e. The Morgan fingerprint density at radius 1 is 0.198 bits per heavy atom. The SMILES string of the molecule is [B]c1c(O)c(O)c(-c2c(O)c(-n3c4c(O)c(O)c(O)c([B])c4c4c(O)c(O)c(O)c(O)c43)nc(-n3c4c(O)c(O)c(O)c(O)c4c4c(O)c(O)c(O)c(O)c43)c2O)c(-n2c3c(O)c(O)c(O)c(O)c3c3c(O)c(O)c(O)c(O)c32)c1O. The molecule has 410 valence electrons. The molecular formula is C47H28B2N4O28. The number of hydrogen-bond acceptors (Lipinski definition) is 29. The Kier molecular flexibility index (Phi) is 9.79. The van der Waals surface area contributed by atoms with Gasteiger partial charge in [-0.25, -0.2) is 4.98 Å². The first-order valence-electron chi connectivity index (χ1n) is 21.8. The molecule has 4 radical (unpaired) electrons. The van der Waals surface area contributed by atoms with Crippen molar-refractivity contribution in [2.24, 2.45) is 0 Å². The van der Waals surface area contributed by atoms with Crippen molar-refractivity contribution >= 4 is 92.0 Å². The van der Waals surface area contributed by atoms with E-state index in [4.69, 9.17) is 15.7 Å². The van der Waals surface area contributed by atoms with E-state index in [-0.39, 0.29) is 13.7 Å². The summed E-state index contributed by atoms with van der Waals surface area (Å²) in [6.07, 6.45) is 0. The van der Waals surface area contributed by atoms with Crippen LogP contribution in [0.15, 0.2) is 0 Å². The molecule has 32 nitrogen and oxygen atoms in total. The number of pyridine rings is 1. The van der Waals surface area contributed by atoms with Crippen molar-refractivity contribution in [3.8, 4) is 189 Å². The van der Waals surface area contributed by atoms with E-state index in [9.17, 15) is 143 Å². The number of nitrogens with zero attached hydrogens (tertiary/aromatic N) is 4. The van der Waals surface area contributed by atoms with Crippen LogP contribution in [0.5, 0.6) is 161 Å². The molecule has 4 aromatic heterocycles. The van der Waals surface area contributed by atoms with Crippen molar-refractivity contribution in [2.75, 3.05) is 0 Å². The van der Waals surface area contributed by atoms with Crippen LogP contribution in [-0.2, 0) is 0 Å². The maximum Gasteiger partial charge on any atom is 0.206 e. The van der Waals surface area contributed by atoms with Crippen molar-refractivity contribution in [2.45, 2.75) is 0 Å². The fourth-order valence-corrected chi connectivity index (χ4v) is 10.1. The lowest BCUT2D eigenvalue weighted by atomic mass is 9.87. The highest BCUT2D eigenvalue weighted by atomic mass is 16.4. The van der Waals surface area contributed by atoms with Gasteiger partial charge in [0, 0.05) is 5.39 Å². The predicted octanol–water partition coefficient (Wildman–Crippen LogP) is 1.38. The zero-order chi connectivity index (χ0) is 59.6. The molecule has 0 spiro atoms. The van der Waals surface area contributed by atoms with Crippen LogP contribution in [0.3, 0.4) is 0 Å². The Balaban J connectivity index is 1.51. The van der Waals surface area contributed by atoms with Gasteiger partial charge in [0.25, 0.3) is 0 Å². The third kappa shape index (κ3) is 5.62. The van der Waals surface area contributed by atoms with E-state index < -0.39 is 266 Å². The molecule has 0 unspecified atom stereocenters. The van der Waals surface area contributed by atoms with Crippen LogP contribution in [0.2, 0.25) is 0 Å². The van der Waals surface area contributed by atoms with Crippen LogP contribution < -0.4 is 10.9 Å². The standard InChI is InChI=1S/C47H28B2N4O28/c48-9-1-2-15(32(68)43(79)35(71)19(2)55)52(11(1)29(65)40(76)27(9)63)46-24(60)8(25(61)47(50-46)53-16-5(22(58)38(74)44(80)33(16)69)6-17(53)34(70)45(81)39(75)23(6)59)7-12(26(62)10(49)28(64)18(7)54)51-13-3(20(56)36(72)41(77)30(13)66)4-14(51)31(67)42(78)37(73)21(4)57/h54-81H. The summed E-state index contributed by atoms with van der Waals surface area (Å²) in [7, 11) is 12.2. The summed E-state index contributed by atoms with van der Waals surface area (Å²) < 4.78 is 0.245. The number of phenolic OH excluding ortho intramolecular Hbond substituents is 26. The lowest BCUT2D eigenvalue weighted by Gasteiger charge is -2.24. The molecule has 0 aliphatic heterocycles. The second-order valence-electron chi connectivity index (χ2n) is 17.8. The molecule has 0 amide bonds. The van der Waals surface area contributed by atoms with Gasteiger partial charge in [0.15, 0.2) is 104 Å². The van der Waals surface area contributed by atoms with E-state index in [0.717, 1.165) is 0 Å². The molecule has 0 saturated carbocycles. The molecule has 81 heavy (non-hydrogen) atoms. The molecule has 28 N–H and O–H groups in total. The van der Waals surface area contributed by atoms with Gasteiger partial charge in [0.05, 0.1) is 38.1 Å². The smallest absolute Gasteiger partial charge is 0.206 e. The molecule has 0 fully saturated rings. The third-order valence-corrected chi connectivity index (χ3v) is 13.8. The third-order valence-electron chi connectivity index (χ3n) is 13.8. The number of benzene rings is 7. The molecule has 34 heteroatoms. The first-order chi connectivity index (χ1) is 37.8. The summed E-state index contributed by atoms with van der Waals surface area (Å²) in [5.74, 6) is -50.0. The number of aromatic hydroxyl groups is 28. The minimum atomic E-state index is -1.94. The van der Waals surface area contributed by atoms with Crippen LogP contribution in [0, 0.1) is 0 Å². The lowest BCUT2D eigenvalue weighted by Crippen LogP contribution is -2.12. The van der Waals surface area contributed by atoms with E-state index >= 15 is 0 Å². The number of aromatic nitrogens is 4. The Morgan fingerprint density at radius 2 is 0.432 bits per heavy atom. The molecule has 4 heterocycles. The van der Waals surface area contributed by atoms with Crippen LogP contribution in [0.1, 0.15) is 0 Å². The second kappa shape index (κ2) is 15.6. The van der Waals surface area contributed by atoms with Gasteiger partial charge >= 0.3 is 0 Å². The zero-order valence-electron chi connectivity index (χ0n) is 39.0. The Hall–Kier alpha value is -12.4. The van der Waals surface area contributed by atoms with Gasteiger partial charge in [0.1, 0.15) is 60.2 Å². The highest BCUT2D eigenvalue weighted by Crippen LogP contribution is 2.65. The molecule has 0 bridgehead atoms. The van der Waals surface area contributed by atoms with Crippen molar-refractivity contribution in [1.29, 1.82) is 0 Å². The predicted molar refractivity (Wildman–Crippen MR) is 270 cm³/mol. The van der Waals surface area contributed by atoms with E-state index in [0.29, 0.717) is 0 Å². The fraction of sp³-hybridized carbons (Fsp3) is 0. The number of fused-ring (bicyclic) bond motifs is 9. The normalized spacial score (nSPS) is 12.0. The summed E-state index contributed by atoms with van der Waals surface area (Å²) >= 11 is 0. The quantitative estimate of drug-likeness (QED) is 0.0672. The minimum Gasteiger partial charge on any atom is -0.506 e. The van der Waals surface area contributed by atoms with Crippen LogP contribution in [0.25, 0.3) is 93.9 Å². The molecule has 0 saturated heterocycles. The zero-order valence-corrected chi connectivity index (χ0v) is 39.0. The minimum absolute atomic E-state index is 0.0600. The fourth-order valence-electron chi connectivity index (χ4n) is 10.1. The Labute approximate surface area is 442 Å². The van der Waals surface area contributed by atoms with Gasteiger partial charge in [-0.1, -0.05) is 0 Å². The van der Waals surface area contributed by atoms with Gasteiger partial charge in [-0.3, -0.25) is 13.7 Å². The number of phenols is 26. The average molecular weight is 1120 g/mol. The van der Waals surface area contributed by atoms with Crippen molar-refractivity contribution in [3.05, 3.63) is 0 Å². The maximum atomic E-state index is 13.0. The van der Waals surface area contributed by atoms with Crippen molar-refractivity contribution < 1.29 is 143 Å². The molecule has 0 atom stereocenters. The highest BCUT2D eigenvalue weighted by Gasteiger charge is 2.41. The summed E-state index contributed by atoms with van der Waals surface area (Å²) in [5.41, 5.74) is -15.4. The van der Waals surface area contributed by atoms with Gasteiger partial charge in [0.2, 0.25) is 63.2 Å². The Morgan fingerprint density at radius 3 is 0.741 bits per heavy atom. The van der Waals surface area contributed by atoms with Crippen LogP contribution >= 0.6 is 0 Å². The molecule has 11 rings (SSSR count). The van der Waals surface area contributed by atoms with Crippen LogP contribution in [-0.4, -0.2) is 177 Å². The van der Waals surface area contributed by atoms with Gasteiger partial charge in [-0.2, -0.15) is 0 Å². The second-order valence-corrected chi connectivity index (χ2v) is 17.8. The van der Waals surface area contributed by atoms with E-state index in [2.05, 4.69) is 4.98 Å². The number of hydrogen-bond donors (Lipinski definition) is 28. The summed E-state index contributed by atoms with van der Waals surface area (Å²) in [5, 5.41) is 312. The number of rotatable bonds is 4. The van der Waals surface area contributed by atoms with E-state index in [1.54, 1.807) is 0 Å². The lowest BCUT2D eigenvalue weighted by molar-refractivity contribution is 0.350. The van der Waals surface area contributed by atoms with Gasteiger partial charge in [-0.15, -0.1) is 0 Å². The van der Waals surface area contributed by atoms with E-state index in [1.807, 2.05) is 0 Å². The topological polar surface area (TPSA) is 594 Å². The monoisotopic (exact) mass is 1120 g/mol. The molecule has 7 aromatic carbocycles. The summed E-state index contributed by atoms with van der Waals surface area (Å²) in [6, 6.07) is 0. The molecule has 11 aromatic rings. The molecule has 0 aliphatic rings. The average Bonchev–Trinajstić information content (AvgIpc) is 3.02.